The molecule has 1 aromatic heterocycles. The van der Waals surface area contributed by atoms with E-state index in [0.29, 0.717) is 0 Å². The smallest absolute Gasteiger partial charge is 0.271 e. The second kappa shape index (κ2) is 4.58. The number of carbonyl (C=O) groups is 1. The van der Waals surface area contributed by atoms with E-state index in [1.165, 1.54) is 18.6 Å². The lowest BCUT2D eigenvalue weighted by molar-refractivity contribution is -0.384. The van der Waals surface area contributed by atoms with Crippen LogP contribution in [0.1, 0.15) is 10.4 Å². The minimum absolute atomic E-state index is 0.0320. The number of phenols is 1. The third kappa shape index (κ3) is 2.29. The third-order valence-electron chi connectivity index (χ3n) is 2.22. The maximum absolute atomic E-state index is 11.7. The van der Waals surface area contributed by atoms with Gasteiger partial charge in [-0.2, -0.15) is 0 Å². The number of aromatic hydroxyl groups is 1. The van der Waals surface area contributed by atoms with E-state index in [4.69, 9.17) is 4.42 Å². The van der Waals surface area contributed by atoms with Crippen molar-refractivity contribution in [1.29, 1.82) is 0 Å². The van der Waals surface area contributed by atoms with E-state index in [1.807, 2.05) is 0 Å². The zero-order valence-electron chi connectivity index (χ0n) is 8.99. The van der Waals surface area contributed by atoms with E-state index in [2.05, 4.69) is 5.32 Å². The van der Waals surface area contributed by atoms with Gasteiger partial charge in [0.1, 0.15) is 12.0 Å². The average Bonchev–Trinajstić information content (AvgIpc) is 2.85. The molecule has 1 amide bonds. The van der Waals surface area contributed by atoms with E-state index >= 15 is 0 Å². The molecule has 0 unspecified atom stereocenters. The highest BCUT2D eigenvalue weighted by Crippen LogP contribution is 2.28. The highest BCUT2D eigenvalue weighted by atomic mass is 16.6. The highest BCUT2D eigenvalue weighted by Gasteiger charge is 2.14. The zero-order valence-corrected chi connectivity index (χ0v) is 8.99. The number of nitro groups is 1. The molecule has 18 heavy (non-hydrogen) atoms. The van der Waals surface area contributed by atoms with Gasteiger partial charge in [-0.3, -0.25) is 14.9 Å². The summed E-state index contributed by atoms with van der Waals surface area (Å²) in [6.45, 7) is 0. The quantitative estimate of drug-likeness (QED) is 0.491. The van der Waals surface area contributed by atoms with Crippen molar-refractivity contribution in [3.8, 4) is 5.75 Å². The van der Waals surface area contributed by atoms with Crippen LogP contribution in [0.5, 0.6) is 5.75 Å². The number of nitrogens with one attached hydrogen (secondary N) is 1. The van der Waals surface area contributed by atoms with Crippen molar-refractivity contribution in [1.82, 2.24) is 0 Å². The first-order chi connectivity index (χ1) is 8.58. The minimum Gasteiger partial charge on any atom is -0.506 e. The molecule has 0 radical (unpaired) electrons. The molecule has 0 aliphatic carbocycles. The molecule has 0 aliphatic heterocycles. The second-order valence-corrected chi connectivity index (χ2v) is 3.42. The summed E-state index contributed by atoms with van der Waals surface area (Å²) in [5.41, 5.74) is -0.00778. The molecule has 0 atom stereocenters. The Morgan fingerprint density at radius 3 is 2.78 bits per heavy atom. The summed E-state index contributed by atoms with van der Waals surface area (Å²) in [6, 6.07) is 4.79. The van der Waals surface area contributed by atoms with E-state index in [0.717, 1.165) is 18.2 Å². The number of nitrogens with zero attached hydrogens (tertiary/aromatic N) is 1. The zero-order chi connectivity index (χ0) is 13.1. The largest absolute Gasteiger partial charge is 0.506 e. The van der Waals surface area contributed by atoms with E-state index in [9.17, 15) is 20.0 Å². The first kappa shape index (κ1) is 11.6. The molecule has 2 rings (SSSR count). The Labute approximate surface area is 101 Å². The molecule has 0 aliphatic rings. The molecule has 0 saturated heterocycles. The second-order valence-electron chi connectivity index (χ2n) is 3.42. The molecule has 2 N–H and O–H groups in total. The van der Waals surface area contributed by atoms with E-state index in [1.54, 1.807) is 0 Å². The Hall–Kier alpha value is -2.83. The van der Waals surface area contributed by atoms with Crippen LogP contribution < -0.4 is 5.32 Å². The van der Waals surface area contributed by atoms with Gasteiger partial charge in [0.15, 0.2) is 0 Å². The predicted octanol–water partition coefficient (Wildman–Crippen LogP) is 2.15. The first-order valence-electron chi connectivity index (χ1n) is 4.89. The maximum Gasteiger partial charge on any atom is 0.271 e. The topological polar surface area (TPSA) is 106 Å². The Morgan fingerprint density at radius 1 is 1.39 bits per heavy atom. The Morgan fingerprint density at radius 2 is 2.17 bits per heavy atom. The molecule has 0 bridgehead atoms. The summed E-state index contributed by atoms with van der Waals surface area (Å²) in [6.07, 6.45) is 2.55. The van der Waals surface area contributed by atoms with Gasteiger partial charge in [-0.1, -0.05) is 0 Å². The van der Waals surface area contributed by atoms with Crippen LogP contribution >= 0.6 is 0 Å². The van der Waals surface area contributed by atoms with Crippen molar-refractivity contribution in [2.24, 2.45) is 0 Å². The van der Waals surface area contributed by atoms with Gasteiger partial charge in [-0.15, -0.1) is 0 Å². The molecular weight excluding hydrogens is 240 g/mol. The number of benzene rings is 1. The Kier molecular flexibility index (Phi) is 2.96. The van der Waals surface area contributed by atoms with Crippen molar-refractivity contribution in [2.75, 3.05) is 5.32 Å². The van der Waals surface area contributed by atoms with Crippen LogP contribution in [0.2, 0.25) is 0 Å². The van der Waals surface area contributed by atoms with Crippen LogP contribution in [0, 0.1) is 10.1 Å². The first-order valence-corrected chi connectivity index (χ1v) is 4.89. The Bertz CT molecular complexity index is 591. The molecule has 7 heteroatoms. The van der Waals surface area contributed by atoms with E-state index in [-0.39, 0.29) is 22.7 Å². The van der Waals surface area contributed by atoms with Gasteiger partial charge in [-0.25, -0.2) is 0 Å². The number of nitro benzene ring substituents is 1. The number of rotatable bonds is 3. The number of furan rings is 1. The fourth-order valence-electron chi connectivity index (χ4n) is 1.33. The van der Waals surface area contributed by atoms with Crippen LogP contribution in [0.15, 0.2) is 41.2 Å². The van der Waals surface area contributed by atoms with E-state index < -0.39 is 10.8 Å². The molecule has 0 spiro atoms. The lowest BCUT2D eigenvalue weighted by Gasteiger charge is -2.05. The third-order valence-corrected chi connectivity index (χ3v) is 2.22. The fraction of sp³-hybridized carbons (Fsp3) is 0. The normalized spacial score (nSPS) is 10.0. The lowest BCUT2D eigenvalue weighted by atomic mass is 10.2. The monoisotopic (exact) mass is 248 g/mol. The van der Waals surface area contributed by atoms with Crippen LogP contribution in [0.25, 0.3) is 0 Å². The van der Waals surface area contributed by atoms with Crippen molar-refractivity contribution >= 4 is 17.3 Å². The molecule has 7 nitrogen and oxygen atoms in total. The molecule has 2 aromatic rings. The van der Waals surface area contributed by atoms with Crippen LogP contribution in [-0.2, 0) is 0 Å². The van der Waals surface area contributed by atoms with Gasteiger partial charge in [0, 0.05) is 12.1 Å². The number of carbonyl (C=O) groups excluding carboxylic acids is 1. The van der Waals surface area contributed by atoms with Gasteiger partial charge in [0.25, 0.3) is 11.6 Å². The average molecular weight is 248 g/mol. The summed E-state index contributed by atoms with van der Waals surface area (Å²) >= 11 is 0. The predicted molar refractivity (Wildman–Crippen MR) is 61.4 cm³/mol. The lowest BCUT2D eigenvalue weighted by Crippen LogP contribution is -2.11. The number of anilines is 1. The number of hydrogen-bond acceptors (Lipinski definition) is 5. The van der Waals surface area contributed by atoms with Crippen LogP contribution in [0.4, 0.5) is 11.4 Å². The van der Waals surface area contributed by atoms with Crippen molar-refractivity contribution < 1.29 is 19.2 Å². The molecule has 0 saturated carbocycles. The van der Waals surface area contributed by atoms with Gasteiger partial charge in [-0.05, 0) is 12.1 Å². The van der Waals surface area contributed by atoms with Crippen LogP contribution in [0.3, 0.4) is 0 Å². The number of non-ortho nitro benzene ring substituents is 1. The van der Waals surface area contributed by atoms with Gasteiger partial charge in [0.2, 0.25) is 0 Å². The fourth-order valence-corrected chi connectivity index (χ4v) is 1.33. The maximum atomic E-state index is 11.7. The summed E-state index contributed by atoms with van der Waals surface area (Å²) in [5.74, 6) is -0.781. The molecule has 1 heterocycles. The summed E-state index contributed by atoms with van der Waals surface area (Å²) in [4.78, 5) is 21.6. The van der Waals surface area contributed by atoms with Gasteiger partial charge >= 0.3 is 0 Å². The molecular formula is C11H8N2O5. The van der Waals surface area contributed by atoms with Crippen molar-refractivity contribution in [3.63, 3.8) is 0 Å². The molecule has 1 aromatic carbocycles. The molecule has 0 fully saturated rings. The van der Waals surface area contributed by atoms with Gasteiger partial charge in [0.05, 0.1) is 22.4 Å². The van der Waals surface area contributed by atoms with Crippen molar-refractivity contribution in [2.45, 2.75) is 0 Å². The minimum atomic E-state index is -0.618. The number of phenolic OH excluding ortho intramolecular Hbond substituents is 1. The highest BCUT2D eigenvalue weighted by molar-refractivity contribution is 6.04. The summed E-state index contributed by atoms with van der Waals surface area (Å²) in [7, 11) is 0. The number of hydrogen-bond donors (Lipinski definition) is 2. The van der Waals surface area contributed by atoms with Crippen LogP contribution in [-0.4, -0.2) is 15.9 Å². The van der Waals surface area contributed by atoms with Crippen molar-refractivity contribution in [3.05, 3.63) is 52.5 Å². The number of amides is 1. The SMILES string of the molecule is O=C(Nc1cc([N+](=O)[O-])ccc1O)c1ccoc1. The standard InChI is InChI=1S/C11H8N2O5/c14-10-2-1-8(13(16)17)5-9(10)12-11(15)7-3-4-18-6-7/h1-6,14H,(H,12,15). The molecule has 92 valence electrons. The summed E-state index contributed by atoms with van der Waals surface area (Å²) in [5, 5.41) is 22.4. The Balaban J connectivity index is 2.26. The van der Waals surface area contributed by atoms with Gasteiger partial charge < -0.3 is 14.8 Å². The summed E-state index contributed by atoms with van der Waals surface area (Å²) < 4.78 is 4.73.